The number of amides is 2. The number of anilines is 1. The van der Waals surface area contributed by atoms with Crippen LogP contribution in [0.5, 0.6) is 0 Å². The number of likely N-dealkylation sites (tertiary alicyclic amines) is 1. The molecule has 0 saturated carbocycles. The smallest absolute Gasteiger partial charge is 0.291 e. The van der Waals surface area contributed by atoms with Gasteiger partial charge in [0.05, 0.1) is 12.2 Å². The quantitative estimate of drug-likeness (QED) is 0.485. The highest BCUT2D eigenvalue weighted by Crippen LogP contribution is 2.54. The maximum absolute atomic E-state index is 13.6. The van der Waals surface area contributed by atoms with Crippen LogP contribution in [0.2, 0.25) is 0 Å². The van der Waals surface area contributed by atoms with Crippen molar-refractivity contribution >= 4 is 17.5 Å². The van der Waals surface area contributed by atoms with Crippen molar-refractivity contribution in [3.8, 4) is 5.95 Å². The van der Waals surface area contributed by atoms with Crippen molar-refractivity contribution in [2.75, 3.05) is 11.9 Å². The molecule has 32 heavy (non-hydrogen) atoms. The number of aromatic amines is 1. The number of hydrogen-bond acceptors (Lipinski definition) is 7. The summed E-state index contributed by atoms with van der Waals surface area (Å²) >= 11 is 0. The highest BCUT2D eigenvalue weighted by atomic mass is 16.2. The Balaban J connectivity index is 1.45. The first-order chi connectivity index (χ1) is 15.6. The lowest BCUT2D eigenvalue weighted by atomic mass is 9.73. The van der Waals surface area contributed by atoms with Crippen molar-refractivity contribution in [3.63, 3.8) is 0 Å². The lowest BCUT2D eigenvalue weighted by Gasteiger charge is -2.33. The number of carbonyl (C=O) groups excluding carboxylic acids is 2. The number of aryl methyl sites for hydroxylation is 1. The fourth-order valence-corrected chi connectivity index (χ4v) is 4.85. The van der Waals surface area contributed by atoms with Crippen molar-refractivity contribution in [2.45, 2.75) is 17.9 Å². The number of hydrogen-bond donors (Lipinski definition) is 2. The lowest BCUT2D eigenvalue weighted by Crippen LogP contribution is -2.42. The van der Waals surface area contributed by atoms with Crippen LogP contribution in [0.15, 0.2) is 49.3 Å². The summed E-state index contributed by atoms with van der Waals surface area (Å²) in [6, 6.07) is 7.08. The highest BCUT2D eigenvalue weighted by molar-refractivity contribution is 6.08. The van der Waals surface area contributed by atoms with E-state index in [4.69, 9.17) is 0 Å². The molecule has 0 unspecified atom stereocenters. The van der Waals surface area contributed by atoms with Crippen LogP contribution < -0.4 is 5.32 Å². The van der Waals surface area contributed by atoms with E-state index in [9.17, 15) is 9.59 Å². The van der Waals surface area contributed by atoms with Gasteiger partial charge in [-0.2, -0.15) is 10.1 Å². The van der Waals surface area contributed by atoms with Gasteiger partial charge in [-0.15, -0.1) is 15.3 Å². The van der Waals surface area contributed by atoms with Crippen molar-refractivity contribution in [3.05, 3.63) is 66.3 Å². The van der Waals surface area contributed by atoms with Gasteiger partial charge >= 0.3 is 0 Å². The zero-order chi connectivity index (χ0) is 21.9. The average molecular weight is 430 g/mol. The summed E-state index contributed by atoms with van der Waals surface area (Å²) in [6.45, 7) is 0.378. The number of aromatic nitrogens is 8. The molecule has 1 spiro atoms. The van der Waals surface area contributed by atoms with Gasteiger partial charge in [-0.3, -0.25) is 23.9 Å². The van der Waals surface area contributed by atoms with Crippen molar-refractivity contribution in [1.82, 2.24) is 44.6 Å². The van der Waals surface area contributed by atoms with Crippen molar-refractivity contribution < 1.29 is 9.59 Å². The predicted octanol–water partition coefficient (Wildman–Crippen LogP) is 0.596. The number of fused-ring (bicyclic) bond motifs is 2. The molecule has 0 radical (unpaired) electrons. The largest absolute Gasteiger partial charge is 0.327 e. The molecule has 0 bridgehead atoms. The maximum Gasteiger partial charge on any atom is 0.291 e. The maximum atomic E-state index is 13.6. The molecule has 5 heterocycles. The molecule has 0 aliphatic carbocycles. The van der Waals surface area contributed by atoms with Gasteiger partial charge in [-0.25, -0.2) is 0 Å². The molecule has 12 heteroatoms. The van der Waals surface area contributed by atoms with Crippen LogP contribution in [0.3, 0.4) is 0 Å². The molecule has 1 aromatic carbocycles. The fourth-order valence-electron chi connectivity index (χ4n) is 4.85. The van der Waals surface area contributed by atoms with E-state index in [-0.39, 0.29) is 23.6 Å². The number of H-pyrrole nitrogens is 1. The van der Waals surface area contributed by atoms with Crippen LogP contribution in [0.1, 0.15) is 34.2 Å². The van der Waals surface area contributed by atoms with Crippen LogP contribution in [-0.4, -0.2) is 63.0 Å². The van der Waals surface area contributed by atoms with Crippen molar-refractivity contribution in [2.24, 2.45) is 7.05 Å². The zero-order valence-corrected chi connectivity index (χ0v) is 17.0. The third kappa shape index (κ3) is 2.46. The normalized spacial score (nSPS) is 21.8. The predicted molar refractivity (Wildman–Crippen MR) is 110 cm³/mol. The summed E-state index contributed by atoms with van der Waals surface area (Å²) in [5, 5.41) is 21.6. The molecule has 2 atom stereocenters. The van der Waals surface area contributed by atoms with Crippen LogP contribution in [0.25, 0.3) is 5.95 Å². The van der Waals surface area contributed by atoms with E-state index in [1.807, 2.05) is 37.5 Å². The molecule has 2 aliphatic heterocycles. The molecule has 2 N–H and O–H groups in total. The van der Waals surface area contributed by atoms with E-state index in [0.29, 0.717) is 13.0 Å². The standard InChI is InChI=1S/C20H18N10O2/c1-28-9-12(8-23-28)15-20(13-4-2-3-5-14(13)24-18(20)32)6-7-30(15)17(31)16-25-19(27-26-16)29-10-21-22-11-29/h2-5,8-11,15H,6-7H2,1H3,(H,24,32)(H,25,26,27)/t15-,20+/m0/s1. The van der Waals surface area contributed by atoms with Crippen LogP contribution >= 0.6 is 0 Å². The average Bonchev–Trinajstić information content (AvgIpc) is 3.61. The summed E-state index contributed by atoms with van der Waals surface area (Å²) in [5.41, 5.74) is 1.53. The SMILES string of the molecule is Cn1cc([C@@H]2N(C(=O)c3nc(-n4cnnc4)n[nH]3)CC[C@]23C(=O)Nc2ccccc23)cn1. The Labute approximate surface area is 181 Å². The van der Waals surface area contributed by atoms with E-state index >= 15 is 0 Å². The van der Waals surface area contributed by atoms with E-state index in [0.717, 1.165) is 16.8 Å². The van der Waals surface area contributed by atoms with Gasteiger partial charge < -0.3 is 10.2 Å². The summed E-state index contributed by atoms with van der Waals surface area (Å²) in [6.07, 6.45) is 6.92. The van der Waals surface area contributed by atoms with E-state index < -0.39 is 11.5 Å². The number of nitrogens with one attached hydrogen (secondary N) is 2. The molecule has 1 saturated heterocycles. The van der Waals surface area contributed by atoms with E-state index in [2.05, 4.69) is 35.8 Å². The highest BCUT2D eigenvalue weighted by Gasteiger charge is 2.59. The Morgan fingerprint density at radius 2 is 2.03 bits per heavy atom. The van der Waals surface area contributed by atoms with Gasteiger partial charge in [0.1, 0.15) is 18.1 Å². The molecule has 6 rings (SSSR count). The molecule has 2 amide bonds. The molecule has 1 fully saturated rings. The first-order valence-corrected chi connectivity index (χ1v) is 10.1. The minimum absolute atomic E-state index is 0.0753. The van der Waals surface area contributed by atoms with Gasteiger partial charge in [0.2, 0.25) is 11.7 Å². The van der Waals surface area contributed by atoms with Gasteiger partial charge in [0, 0.05) is 31.0 Å². The molecule has 4 aromatic rings. The van der Waals surface area contributed by atoms with Crippen LogP contribution in [0.4, 0.5) is 5.69 Å². The Bertz CT molecular complexity index is 1340. The van der Waals surface area contributed by atoms with Crippen molar-refractivity contribution in [1.29, 1.82) is 0 Å². The summed E-state index contributed by atoms with van der Waals surface area (Å²) in [5.74, 6) is -0.134. The Morgan fingerprint density at radius 1 is 1.22 bits per heavy atom. The molecular weight excluding hydrogens is 412 g/mol. The number of nitrogens with zero attached hydrogens (tertiary/aromatic N) is 8. The molecule has 12 nitrogen and oxygen atoms in total. The van der Waals surface area contributed by atoms with Crippen LogP contribution in [0, 0.1) is 0 Å². The topological polar surface area (TPSA) is 140 Å². The molecule has 2 aliphatic rings. The first-order valence-electron chi connectivity index (χ1n) is 10.1. The fraction of sp³-hybridized carbons (Fsp3) is 0.250. The van der Waals surface area contributed by atoms with Gasteiger partial charge in [0.25, 0.3) is 11.9 Å². The number of carbonyl (C=O) groups is 2. The summed E-state index contributed by atoms with van der Waals surface area (Å²) < 4.78 is 3.17. The van der Waals surface area contributed by atoms with Gasteiger partial charge in [-0.1, -0.05) is 18.2 Å². The number of rotatable bonds is 3. The van der Waals surface area contributed by atoms with Gasteiger partial charge in [-0.05, 0) is 18.1 Å². The van der Waals surface area contributed by atoms with Gasteiger partial charge in [0.15, 0.2) is 0 Å². The zero-order valence-electron chi connectivity index (χ0n) is 17.0. The number of para-hydroxylation sites is 1. The molecular formula is C20H18N10O2. The minimum Gasteiger partial charge on any atom is -0.327 e. The molecule has 160 valence electrons. The lowest BCUT2D eigenvalue weighted by molar-refractivity contribution is -0.121. The van der Waals surface area contributed by atoms with E-state index in [1.54, 1.807) is 15.8 Å². The second-order valence-corrected chi connectivity index (χ2v) is 7.92. The molecule has 3 aromatic heterocycles. The third-order valence-electron chi connectivity index (χ3n) is 6.21. The Hall–Kier alpha value is -4.35. The summed E-state index contributed by atoms with van der Waals surface area (Å²) in [4.78, 5) is 32.9. The third-order valence-corrected chi connectivity index (χ3v) is 6.21. The van der Waals surface area contributed by atoms with Crippen LogP contribution in [-0.2, 0) is 17.3 Å². The summed E-state index contributed by atoms with van der Waals surface area (Å²) in [7, 11) is 1.81. The second kappa shape index (κ2) is 6.57. The minimum atomic E-state index is -0.910. The number of benzene rings is 1. The Kier molecular flexibility index (Phi) is 3.78. The van der Waals surface area contributed by atoms with E-state index in [1.165, 1.54) is 17.2 Å². The monoisotopic (exact) mass is 430 g/mol. The Morgan fingerprint density at radius 3 is 2.81 bits per heavy atom. The second-order valence-electron chi connectivity index (χ2n) is 7.92. The first kappa shape index (κ1) is 18.4.